The van der Waals surface area contributed by atoms with Gasteiger partial charge in [0.15, 0.2) is 11.5 Å². The van der Waals surface area contributed by atoms with E-state index in [1.54, 1.807) is 12.1 Å². The summed E-state index contributed by atoms with van der Waals surface area (Å²) in [5.74, 6) is 3.07. The van der Waals surface area contributed by atoms with Gasteiger partial charge in [-0.15, -0.1) is 0 Å². The molecule has 4 heteroatoms. The molecule has 0 spiro atoms. The van der Waals surface area contributed by atoms with Gasteiger partial charge >= 0.3 is 0 Å². The summed E-state index contributed by atoms with van der Waals surface area (Å²) < 4.78 is 5.81. The van der Waals surface area contributed by atoms with Gasteiger partial charge in [-0.25, -0.2) is 4.98 Å². The predicted octanol–water partition coefficient (Wildman–Crippen LogP) is 3.58. The third-order valence-corrected chi connectivity index (χ3v) is 4.54. The molecule has 0 aliphatic heterocycles. The van der Waals surface area contributed by atoms with E-state index in [1.165, 1.54) is 19.3 Å². The van der Waals surface area contributed by atoms with Gasteiger partial charge in [0.1, 0.15) is 5.52 Å². The molecule has 2 fully saturated rings. The van der Waals surface area contributed by atoms with Crippen molar-refractivity contribution >= 4 is 28.4 Å². The summed E-state index contributed by atoms with van der Waals surface area (Å²) >= 11 is 5.98. The molecule has 2 N–H and O–H groups in total. The van der Waals surface area contributed by atoms with Crippen LogP contribution in [0.2, 0.25) is 5.02 Å². The van der Waals surface area contributed by atoms with Crippen molar-refractivity contribution < 1.29 is 4.42 Å². The summed E-state index contributed by atoms with van der Waals surface area (Å²) in [7, 11) is 0. The second-order valence-corrected chi connectivity index (χ2v) is 5.59. The highest BCUT2D eigenvalue weighted by Gasteiger charge is 2.55. The van der Waals surface area contributed by atoms with Crippen LogP contribution in [0.5, 0.6) is 0 Å². The Balaban J connectivity index is 1.78. The minimum absolute atomic E-state index is 0.549. The van der Waals surface area contributed by atoms with E-state index in [1.807, 2.05) is 0 Å². The van der Waals surface area contributed by atoms with Crippen LogP contribution in [0.4, 0.5) is 5.69 Å². The van der Waals surface area contributed by atoms with Gasteiger partial charge in [0.2, 0.25) is 0 Å². The molecule has 3 nitrogen and oxygen atoms in total. The van der Waals surface area contributed by atoms with Gasteiger partial charge in [0.05, 0.1) is 10.7 Å². The first-order chi connectivity index (χ1) is 8.24. The largest absolute Gasteiger partial charge is 0.440 e. The average Bonchev–Trinajstić information content (AvgIpc) is 2.68. The lowest BCUT2D eigenvalue weighted by Crippen LogP contribution is -1.87. The summed E-state index contributed by atoms with van der Waals surface area (Å²) in [6.07, 6.45) is 4.03. The Hall–Kier alpha value is -1.22. The third-order valence-electron chi connectivity index (χ3n) is 4.22. The second-order valence-electron chi connectivity index (χ2n) is 5.18. The molecule has 2 aliphatic rings. The highest BCUT2D eigenvalue weighted by atomic mass is 35.5. The number of benzene rings is 1. The van der Waals surface area contributed by atoms with Gasteiger partial charge in [0, 0.05) is 12.0 Å². The number of halogens is 1. The van der Waals surface area contributed by atoms with E-state index in [2.05, 4.69) is 4.98 Å². The number of hydrogen-bond acceptors (Lipinski definition) is 3. The van der Waals surface area contributed by atoms with Gasteiger partial charge in [0.25, 0.3) is 0 Å². The van der Waals surface area contributed by atoms with Crippen molar-refractivity contribution in [1.29, 1.82) is 0 Å². The van der Waals surface area contributed by atoms with Crippen molar-refractivity contribution in [2.24, 2.45) is 11.8 Å². The van der Waals surface area contributed by atoms with Crippen LogP contribution >= 0.6 is 11.6 Å². The first-order valence-electron chi connectivity index (χ1n) is 6.09. The Morgan fingerprint density at radius 3 is 2.82 bits per heavy atom. The molecule has 1 heterocycles. The Morgan fingerprint density at radius 2 is 2.06 bits per heavy atom. The quantitative estimate of drug-likeness (QED) is 0.785. The van der Waals surface area contributed by atoms with Crippen LogP contribution in [0.25, 0.3) is 11.1 Å². The summed E-state index contributed by atoms with van der Waals surface area (Å²) in [4.78, 5) is 4.55. The molecular weight excluding hydrogens is 236 g/mol. The molecular formula is C13H13ClN2O. The fraction of sp³-hybridized carbons (Fsp3) is 0.462. The van der Waals surface area contributed by atoms with Crippen molar-refractivity contribution in [2.75, 3.05) is 5.73 Å². The van der Waals surface area contributed by atoms with Gasteiger partial charge in [-0.3, -0.25) is 0 Å². The van der Waals surface area contributed by atoms with E-state index in [9.17, 15) is 0 Å². The second kappa shape index (κ2) is 3.16. The normalized spacial score (nSPS) is 30.8. The van der Waals surface area contributed by atoms with Crippen LogP contribution in [-0.2, 0) is 0 Å². The Morgan fingerprint density at radius 1 is 1.29 bits per heavy atom. The van der Waals surface area contributed by atoms with Gasteiger partial charge < -0.3 is 10.2 Å². The molecule has 2 aromatic rings. The minimum atomic E-state index is 0.549. The number of nitrogens with zero attached hydrogens (tertiary/aromatic N) is 1. The molecule has 2 aliphatic carbocycles. The average molecular weight is 249 g/mol. The van der Waals surface area contributed by atoms with E-state index in [0.717, 1.165) is 28.8 Å². The smallest absolute Gasteiger partial charge is 0.199 e. The number of hydrogen-bond donors (Lipinski definition) is 1. The van der Waals surface area contributed by atoms with Crippen LogP contribution in [-0.4, -0.2) is 4.98 Å². The fourth-order valence-corrected chi connectivity index (χ4v) is 3.47. The summed E-state index contributed by atoms with van der Waals surface area (Å²) in [6, 6.07) is 3.56. The van der Waals surface area contributed by atoms with E-state index < -0.39 is 0 Å². The number of aromatic nitrogens is 1. The number of anilines is 1. The third kappa shape index (κ3) is 1.32. The summed E-state index contributed by atoms with van der Waals surface area (Å²) in [5, 5.41) is 0.549. The van der Waals surface area contributed by atoms with E-state index >= 15 is 0 Å². The Labute approximate surface area is 104 Å². The maximum atomic E-state index is 5.98. The fourth-order valence-electron chi connectivity index (χ4n) is 3.31. The van der Waals surface area contributed by atoms with Crippen molar-refractivity contribution in [1.82, 2.24) is 4.98 Å². The molecule has 0 bridgehead atoms. The molecule has 88 valence electrons. The van der Waals surface area contributed by atoms with Gasteiger partial charge in [-0.2, -0.15) is 0 Å². The zero-order valence-corrected chi connectivity index (χ0v) is 10.1. The topological polar surface area (TPSA) is 52.0 Å². The molecule has 0 amide bonds. The van der Waals surface area contributed by atoms with E-state index in [0.29, 0.717) is 16.6 Å². The lowest BCUT2D eigenvalue weighted by molar-refractivity contribution is 0.498. The molecule has 17 heavy (non-hydrogen) atoms. The SMILES string of the molecule is Nc1cc2oc(C3C4CCCC43)nc2cc1Cl. The van der Waals surface area contributed by atoms with Crippen molar-refractivity contribution in [3.05, 3.63) is 23.0 Å². The number of nitrogens with two attached hydrogens (primary N) is 1. The molecule has 2 atom stereocenters. The monoisotopic (exact) mass is 248 g/mol. The zero-order valence-electron chi connectivity index (χ0n) is 9.32. The molecule has 2 unspecified atom stereocenters. The minimum Gasteiger partial charge on any atom is -0.440 e. The molecule has 0 radical (unpaired) electrons. The number of oxazole rings is 1. The van der Waals surface area contributed by atoms with Crippen LogP contribution in [0.3, 0.4) is 0 Å². The van der Waals surface area contributed by atoms with Crippen molar-refractivity contribution in [3.63, 3.8) is 0 Å². The van der Waals surface area contributed by atoms with Crippen LogP contribution in [0, 0.1) is 11.8 Å². The van der Waals surface area contributed by atoms with Crippen LogP contribution < -0.4 is 5.73 Å². The van der Waals surface area contributed by atoms with E-state index in [4.69, 9.17) is 21.8 Å². The van der Waals surface area contributed by atoms with Gasteiger partial charge in [-0.1, -0.05) is 18.0 Å². The highest BCUT2D eigenvalue weighted by molar-refractivity contribution is 6.33. The Kier molecular flexibility index (Phi) is 1.82. The molecule has 1 aromatic carbocycles. The van der Waals surface area contributed by atoms with Crippen molar-refractivity contribution in [3.8, 4) is 0 Å². The van der Waals surface area contributed by atoms with Crippen LogP contribution in [0.15, 0.2) is 16.5 Å². The van der Waals surface area contributed by atoms with Crippen LogP contribution in [0.1, 0.15) is 31.1 Å². The molecule has 0 saturated heterocycles. The first kappa shape index (κ1) is 9.77. The van der Waals surface area contributed by atoms with Crippen molar-refractivity contribution in [2.45, 2.75) is 25.2 Å². The molecule has 2 saturated carbocycles. The highest BCUT2D eigenvalue weighted by Crippen LogP contribution is 2.63. The standard InChI is InChI=1S/C13H13ClN2O/c14-8-4-10-11(5-9(8)15)17-13(16-10)12-6-2-1-3-7(6)12/h4-7,12H,1-3,15H2. The molecule has 1 aromatic heterocycles. The summed E-state index contributed by atoms with van der Waals surface area (Å²) in [6.45, 7) is 0. The Bertz CT molecular complexity index is 558. The maximum absolute atomic E-state index is 5.98. The number of nitrogen functional groups attached to an aromatic ring is 1. The maximum Gasteiger partial charge on any atom is 0.199 e. The van der Waals surface area contributed by atoms with E-state index in [-0.39, 0.29) is 0 Å². The summed E-state index contributed by atoms with van der Waals surface area (Å²) in [5.41, 5.74) is 7.89. The molecule has 4 rings (SSSR count). The lowest BCUT2D eigenvalue weighted by atomic mass is 10.1. The lowest BCUT2D eigenvalue weighted by Gasteiger charge is -1.96. The van der Waals surface area contributed by atoms with Gasteiger partial charge in [-0.05, 0) is 30.7 Å². The number of rotatable bonds is 1. The zero-order chi connectivity index (χ0) is 11.6. The number of fused-ring (bicyclic) bond motifs is 2. The predicted molar refractivity (Wildman–Crippen MR) is 67.0 cm³/mol. The first-order valence-corrected chi connectivity index (χ1v) is 6.47.